The number of carbonyl (C=O) groups is 1. The number of esters is 1. The summed E-state index contributed by atoms with van der Waals surface area (Å²) in [5, 5.41) is 0.920. The van der Waals surface area contributed by atoms with Crippen LogP contribution in [0.5, 0.6) is 0 Å². The highest BCUT2D eigenvalue weighted by molar-refractivity contribution is 7.71. The Kier molecular flexibility index (Phi) is 7.63. The lowest BCUT2D eigenvalue weighted by Gasteiger charge is -2.22. The molecule has 0 amide bonds. The minimum atomic E-state index is -0.394. The molecule has 158 valence electrons. The number of nitrogens with zero attached hydrogens (tertiary/aromatic N) is 1. The highest BCUT2D eigenvalue weighted by Gasteiger charge is 2.17. The molecule has 0 fully saturated rings. The Morgan fingerprint density at radius 2 is 1.83 bits per heavy atom. The van der Waals surface area contributed by atoms with E-state index in [4.69, 9.17) is 21.4 Å². The summed E-state index contributed by atoms with van der Waals surface area (Å²) in [4.78, 5) is 14.6. The maximum Gasteiger partial charge on any atom is 0.306 e. The summed E-state index contributed by atoms with van der Waals surface area (Å²) >= 11 is 5.33. The normalized spacial score (nSPS) is 12.0. The molecular weight excluding hydrogens is 394 g/mol. The first-order valence-electron chi connectivity index (χ1n) is 10.6. The fourth-order valence-corrected chi connectivity index (χ4v) is 3.92. The first-order chi connectivity index (χ1) is 14.5. The molecule has 0 bridgehead atoms. The number of ether oxygens (including phenoxy) is 1. The number of fused-ring (bicyclic) bond motifs is 1. The van der Waals surface area contributed by atoms with Gasteiger partial charge in [-0.2, -0.15) is 0 Å². The van der Waals surface area contributed by atoms with Gasteiger partial charge in [-0.05, 0) is 69.6 Å². The van der Waals surface area contributed by atoms with Gasteiger partial charge in [-0.3, -0.25) is 4.79 Å². The van der Waals surface area contributed by atoms with Gasteiger partial charge in [0, 0.05) is 42.2 Å². The van der Waals surface area contributed by atoms with E-state index in [1.54, 1.807) is 6.07 Å². The van der Waals surface area contributed by atoms with Crippen LogP contribution in [0.2, 0.25) is 0 Å². The molecule has 2 aromatic carbocycles. The Morgan fingerprint density at radius 3 is 2.53 bits per heavy atom. The van der Waals surface area contributed by atoms with Crippen LogP contribution in [-0.2, 0) is 16.0 Å². The topological polar surface area (TPSA) is 42.7 Å². The average molecular weight is 424 g/mol. The van der Waals surface area contributed by atoms with Gasteiger partial charge in [-0.1, -0.05) is 30.3 Å². The van der Waals surface area contributed by atoms with Crippen LogP contribution in [-0.4, -0.2) is 19.1 Å². The van der Waals surface area contributed by atoms with Crippen LogP contribution in [0.15, 0.2) is 59.0 Å². The minimum Gasteiger partial charge on any atom is -0.458 e. The summed E-state index contributed by atoms with van der Waals surface area (Å²) in [6.07, 6.45) is 1.62. The van der Waals surface area contributed by atoms with Crippen molar-refractivity contribution in [1.82, 2.24) is 0 Å². The van der Waals surface area contributed by atoms with Gasteiger partial charge in [-0.25, -0.2) is 0 Å². The van der Waals surface area contributed by atoms with Gasteiger partial charge in [0.25, 0.3) is 0 Å². The summed E-state index contributed by atoms with van der Waals surface area (Å²) in [5.74, 6) is -0.196. The maximum atomic E-state index is 12.4. The number of hydrogen-bond donors (Lipinski definition) is 0. The van der Waals surface area contributed by atoms with Crippen LogP contribution < -0.4 is 4.90 Å². The zero-order chi connectivity index (χ0) is 21.5. The Bertz CT molecular complexity index is 1040. The van der Waals surface area contributed by atoms with Gasteiger partial charge in [-0.15, -0.1) is 0 Å². The molecule has 0 saturated heterocycles. The van der Waals surface area contributed by atoms with Crippen LogP contribution in [0.4, 0.5) is 5.69 Å². The zero-order valence-corrected chi connectivity index (χ0v) is 18.7. The van der Waals surface area contributed by atoms with Gasteiger partial charge in [0.15, 0.2) is 4.71 Å². The second kappa shape index (κ2) is 10.4. The molecule has 3 aromatic rings. The lowest BCUT2D eigenvalue weighted by Crippen LogP contribution is -2.21. The molecule has 0 saturated carbocycles. The van der Waals surface area contributed by atoms with E-state index >= 15 is 0 Å². The Morgan fingerprint density at radius 1 is 1.10 bits per heavy atom. The van der Waals surface area contributed by atoms with Crippen molar-refractivity contribution in [1.29, 1.82) is 0 Å². The Hall–Kier alpha value is -2.66. The van der Waals surface area contributed by atoms with Crippen LogP contribution >= 0.6 is 12.2 Å². The molecule has 0 aliphatic carbocycles. The van der Waals surface area contributed by atoms with Crippen molar-refractivity contribution < 1.29 is 13.9 Å². The average Bonchev–Trinajstić information content (AvgIpc) is 2.74. The molecular formula is C25H29NO3S. The van der Waals surface area contributed by atoms with Crippen molar-refractivity contribution in [2.24, 2.45) is 0 Å². The molecule has 0 aliphatic rings. The van der Waals surface area contributed by atoms with Crippen molar-refractivity contribution >= 4 is 34.8 Å². The highest BCUT2D eigenvalue weighted by Crippen LogP contribution is 2.30. The van der Waals surface area contributed by atoms with E-state index in [9.17, 15) is 4.79 Å². The second-order valence-corrected chi connectivity index (χ2v) is 7.75. The van der Waals surface area contributed by atoms with E-state index in [0.717, 1.165) is 42.6 Å². The van der Waals surface area contributed by atoms with Crippen LogP contribution in [0.3, 0.4) is 0 Å². The molecule has 0 spiro atoms. The Labute approximate surface area is 183 Å². The first-order valence-corrected chi connectivity index (χ1v) is 11.0. The third kappa shape index (κ3) is 5.48. The van der Waals surface area contributed by atoms with Crippen molar-refractivity contribution in [3.63, 3.8) is 0 Å². The monoisotopic (exact) mass is 423 g/mol. The zero-order valence-electron chi connectivity index (χ0n) is 17.9. The fourth-order valence-electron chi connectivity index (χ4n) is 3.70. The van der Waals surface area contributed by atoms with Gasteiger partial charge >= 0.3 is 5.97 Å². The van der Waals surface area contributed by atoms with Crippen LogP contribution in [0, 0.1) is 4.71 Å². The van der Waals surface area contributed by atoms with Crippen molar-refractivity contribution in [2.45, 2.75) is 46.1 Å². The van der Waals surface area contributed by atoms with Crippen LogP contribution in [0.25, 0.3) is 11.0 Å². The number of carbonyl (C=O) groups excluding carboxylic acids is 1. The van der Waals surface area contributed by atoms with Crippen molar-refractivity contribution in [2.75, 3.05) is 18.0 Å². The Balaban J connectivity index is 1.71. The summed E-state index contributed by atoms with van der Waals surface area (Å²) in [7, 11) is 0. The van der Waals surface area contributed by atoms with E-state index in [0.29, 0.717) is 16.7 Å². The van der Waals surface area contributed by atoms with E-state index in [-0.39, 0.29) is 5.97 Å². The minimum absolute atomic E-state index is 0.196. The van der Waals surface area contributed by atoms with Gasteiger partial charge in [0.05, 0.1) is 0 Å². The number of anilines is 1. The molecule has 30 heavy (non-hydrogen) atoms. The molecule has 1 heterocycles. The SMILES string of the molecule is CCN(CC)c1ccc2c(C(C)OC(=O)CCCc3ccccc3)cc(=S)oc2c1. The maximum absolute atomic E-state index is 12.4. The molecule has 0 aliphatic heterocycles. The highest BCUT2D eigenvalue weighted by atomic mass is 32.1. The van der Waals surface area contributed by atoms with E-state index in [2.05, 4.69) is 36.9 Å². The van der Waals surface area contributed by atoms with E-state index in [1.165, 1.54) is 5.56 Å². The van der Waals surface area contributed by atoms with E-state index < -0.39 is 6.10 Å². The second-order valence-electron chi connectivity index (χ2n) is 7.34. The standard InChI is InChI=1S/C25H29NO3S/c1-4-26(5-2)20-14-15-21-22(17-25(30)29-23(21)16-20)18(3)28-24(27)13-9-12-19-10-7-6-8-11-19/h6-8,10-11,14-18H,4-5,9,12-13H2,1-3H3. The molecule has 0 radical (unpaired) electrons. The fraction of sp³-hybridized carbons (Fsp3) is 0.360. The molecule has 1 unspecified atom stereocenters. The molecule has 5 heteroatoms. The summed E-state index contributed by atoms with van der Waals surface area (Å²) < 4.78 is 11.9. The van der Waals surface area contributed by atoms with Crippen LogP contribution in [0.1, 0.15) is 50.8 Å². The number of hydrogen-bond acceptors (Lipinski definition) is 5. The third-order valence-electron chi connectivity index (χ3n) is 5.32. The van der Waals surface area contributed by atoms with Gasteiger partial charge < -0.3 is 14.1 Å². The summed E-state index contributed by atoms with van der Waals surface area (Å²) in [6, 6.07) is 18.1. The quantitative estimate of drug-likeness (QED) is 0.285. The van der Waals surface area contributed by atoms with Gasteiger partial charge in [0.2, 0.25) is 0 Å². The molecule has 0 N–H and O–H groups in total. The van der Waals surface area contributed by atoms with Gasteiger partial charge in [0.1, 0.15) is 11.7 Å². The lowest BCUT2D eigenvalue weighted by atomic mass is 10.0. The lowest BCUT2D eigenvalue weighted by molar-refractivity contribution is -0.148. The number of rotatable bonds is 9. The molecule has 4 nitrogen and oxygen atoms in total. The van der Waals surface area contributed by atoms with E-state index in [1.807, 2.05) is 37.3 Å². The van der Waals surface area contributed by atoms with Crippen molar-refractivity contribution in [3.05, 3.63) is 70.4 Å². The predicted octanol–water partition coefficient (Wildman–Crippen LogP) is 6.64. The summed E-state index contributed by atoms with van der Waals surface area (Å²) in [5.41, 5.74) is 3.92. The summed E-state index contributed by atoms with van der Waals surface area (Å²) in [6.45, 7) is 7.97. The number of benzene rings is 2. The smallest absolute Gasteiger partial charge is 0.306 e. The molecule has 1 atom stereocenters. The third-order valence-corrected chi connectivity index (χ3v) is 5.53. The predicted molar refractivity (Wildman–Crippen MR) is 124 cm³/mol. The molecule has 3 rings (SSSR count). The molecule has 1 aromatic heterocycles. The number of aryl methyl sites for hydroxylation is 1. The largest absolute Gasteiger partial charge is 0.458 e. The van der Waals surface area contributed by atoms with Crippen molar-refractivity contribution in [3.8, 4) is 0 Å². The first kappa shape index (κ1) is 22.0.